The van der Waals surface area contributed by atoms with E-state index in [2.05, 4.69) is 15.3 Å². The van der Waals surface area contributed by atoms with Gasteiger partial charge < -0.3 is 5.32 Å². The van der Waals surface area contributed by atoms with Crippen molar-refractivity contribution < 1.29 is 4.79 Å². The van der Waals surface area contributed by atoms with E-state index < -0.39 is 0 Å². The molecule has 3 aromatic heterocycles. The molecule has 0 saturated heterocycles. The van der Waals surface area contributed by atoms with E-state index in [0.29, 0.717) is 28.4 Å². The van der Waals surface area contributed by atoms with E-state index in [0.717, 1.165) is 10.4 Å². The Morgan fingerprint density at radius 2 is 2.03 bits per heavy atom. The first-order valence-corrected chi connectivity index (χ1v) is 10.8. The van der Waals surface area contributed by atoms with E-state index in [1.54, 1.807) is 35.7 Å². The molecule has 0 aliphatic rings. The van der Waals surface area contributed by atoms with Crippen LogP contribution in [0.3, 0.4) is 0 Å². The van der Waals surface area contributed by atoms with Gasteiger partial charge in [-0.15, -0.1) is 11.3 Å². The van der Waals surface area contributed by atoms with Crippen LogP contribution in [-0.2, 0) is 11.3 Å². The van der Waals surface area contributed by atoms with Crippen LogP contribution >= 0.6 is 23.1 Å². The molecule has 0 aliphatic heterocycles. The predicted octanol–water partition coefficient (Wildman–Crippen LogP) is 3.56. The van der Waals surface area contributed by atoms with Gasteiger partial charge in [-0.1, -0.05) is 36.0 Å². The Kier molecular flexibility index (Phi) is 5.73. The second-order valence-corrected chi connectivity index (χ2v) is 8.37. The highest BCUT2D eigenvalue weighted by molar-refractivity contribution is 7.99. The van der Waals surface area contributed by atoms with E-state index in [1.807, 2.05) is 42.6 Å². The second kappa shape index (κ2) is 8.59. The highest BCUT2D eigenvalue weighted by Crippen LogP contribution is 2.20. The summed E-state index contributed by atoms with van der Waals surface area (Å²) in [6, 6.07) is 14.8. The van der Waals surface area contributed by atoms with Gasteiger partial charge in [0.05, 0.1) is 23.2 Å². The molecule has 146 valence electrons. The first kappa shape index (κ1) is 19.4. The van der Waals surface area contributed by atoms with Gasteiger partial charge in [-0.3, -0.25) is 9.59 Å². The number of aromatic nitrogens is 3. The third kappa shape index (κ3) is 4.38. The molecule has 1 amide bonds. The van der Waals surface area contributed by atoms with Gasteiger partial charge in [0.2, 0.25) is 5.91 Å². The summed E-state index contributed by atoms with van der Waals surface area (Å²) in [5, 5.41) is 5.82. The Hall–Kier alpha value is -2.97. The number of hydrogen-bond acceptors (Lipinski definition) is 6. The average molecular weight is 423 g/mol. The summed E-state index contributed by atoms with van der Waals surface area (Å²) in [7, 11) is 0. The van der Waals surface area contributed by atoms with E-state index in [9.17, 15) is 9.59 Å². The van der Waals surface area contributed by atoms with Gasteiger partial charge in [0.1, 0.15) is 5.82 Å². The number of aryl methyl sites for hydroxylation is 1. The van der Waals surface area contributed by atoms with Gasteiger partial charge in [-0.05, 0) is 42.1 Å². The topological polar surface area (TPSA) is 76.9 Å². The fraction of sp³-hybridized carbons (Fsp3) is 0.143. The van der Waals surface area contributed by atoms with Crippen LogP contribution in [0.2, 0.25) is 0 Å². The summed E-state index contributed by atoms with van der Waals surface area (Å²) >= 11 is 2.82. The summed E-state index contributed by atoms with van der Waals surface area (Å²) in [6.45, 7) is 2.43. The van der Waals surface area contributed by atoms with Crippen molar-refractivity contribution in [1.29, 1.82) is 0 Å². The average Bonchev–Trinajstić information content (AvgIpc) is 3.25. The Morgan fingerprint density at radius 3 is 2.79 bits per heavy atom. The fourth-order valence-corrected chi connectivity index (χ4v) is 4.26. The van der Waals surface area contributed by atoms with Crippen molar-refractivity contribution in [3.05, 3.63) is 80.9 Å². The summed E-state index contributed by atoms with van der Waals surface area (Å²) < 4.78 is 1.47. The molecule has 4 rings (SSSR count). The second-order valence-electron chi connectivity index (χ2n) is 6.39. The van der Waals surface area contributed by atoms with Crippen molar-refractivity contribution in [2.75, 3.05) is 5.75 Å². The lowest BCUT2D eigenvalue weighted by molar-refractivity contribution is -0.118. The molecule has 0 atom stereocenters. The lowest BCUT2D eigenvalue weighted by atomic mass is 10.2. The number of rotatable bonds is 6. The molecule has 0 fully saturated rings. The molecular weight excluding hydrogens is 404 g/mol. The van der Waals surface area contributed by atoms with Crippen molar-refractivity contribution in [3.63, 3.8) is 0 Å². The predicted molar refractivity (Wildman–Crippen MR) is 117 cm³/mol. The monoisotopic (exact) mass is 422 g/mol. The Labute approximate surface area is 175 Å². The molecule has 3 heterocycles. The third-order valence-corrected chi connectivity index (χ3v) is 6.06. The number of pyridine rings is 1. The van der Waals surface area contributed by atoms with Gasteiger partial charge in [0.15, 0.2) is 5.16 Å². The number of para-hydroxylation sites is 1. The summed E-state index contributed by atoms with van der Waals surface area (Å²) in [4.78, 5) is 35.5. The standard InChI is InChI=1S/C21H18N4O2S2/c1-14-8-9-18(22-11-14)25-20(27)16-6-2-3-7-17(16)24-21(25)29-13-19(26)23-12-15-5-4-10-28-15/h2-11H,12-13H2,1H3,(H,23,26). The zero-order valence-electron chi connectivity index (χ0n) is 15.7. The molecule has 8 heteroatoms. The maximum Gasteiger partial charge on any atom is 0.267 e. The zero-order chi connectivity index (χ0) is 20.2. The fourth-order valence-electron chi connectivity index (χ4n) is 2.78. The number of carbonyl (C=O) groups is 1. The number of hydrogen-bond donors (Lipinski definition) is 1. The molecule has 0 aliphatic carbocycles. The van der Waals surface area contributed by atoms with Gasteiger partial charge in [-0.2, -0.15) is 0 Å². The largest absolute Gasteiger partial charge is 0.350 e. The Bertz CT molecular complexity index is 1200. The molecule has 1 N–H and O–H groups in total. The Balaban J connectivity index is 1.63. The molecule has 0 spiro atoms. The van der Waals surface area contributed by atoms with E-state index in [4.69, 9.17) is 0 Å². The van der Waals surface area contributed by atoms with Gasteiger partial charge in [-0.25, -0.2) is 14.5 Å². The van der Waals surface area contributed by atoms with Gasteiger partial charge in [0.25, 0.3) is 5.56 Å². The number of amides is 1. The van der Waals surface area contributed by atoms with E-state index in [1.165, 1.54) is 16.3 Å². The SMILES string of the molecule is Cc1ccc(-n2c(SCC(=O)NCc3cccs3)nc3ccccc3c2=O)nc1. The van der Waals surface area contributed by atoms with Crippen molar-refractivity contribution >= 4 is 39.9 Å². The van der Waals surface area contributed by atoms with Crippen LogP contribution < -0.4 is 10.9 Å². The first-order valence-electron chi connectivity index (χ1n) is 8.98. The highest BCUT2D eigenvalue weighted by Gasteiger charge is 2.15. The molecule has 6 nitrogen and oxygen atoms in total. The molecule has 0 radical (unpaired) electrons. The molecule has 1 aromatic carbocycles. The van der Waals surface area contributed by atoms with Gasteiger partial charge >= 0.3 is 0 Å². The lowest BCUT2D eigenvalue weighted by Gasteiger charge is -2.12. The van der Waals surface area contributed by atoms with Crippen LogP contribution in [0.1, 0.15) is 10.4 Å². The maximum atomic E-state index is 13.1. The van der Waals surface area contributed by atoms with Crippen LogP contribution in [0, 0.1) is 6.92 Å². The van der Waals surface area contributed by atoms with Crippen LogP contribution in [0.25, 0.3) is 16.7 Å². The van der Waals surface area contributed by atoms with Crippen LogP contribution in [0.5, 0.6) is 0 Å². The number of nitrogens with zero attached hydrogens (tertiary/aromatic N) is 3. The molecule has 0 bridgehead atoms. The smallest absolute Gasteiger partial charge is 0.267 e. The van der Waals surface area contributed by atoms with Crippen LogP contribution in [0.15, 0.2) is 70.1 Å². The highest BCUT2D eigenvalue weighted by atomic mass is 32.2. The van der Waals surface area contributed by atoms with Crippen molar-refractivity contribution in [1.82, 2.24) is 19.9 Å². The normalized spacial score (nSPS) is 10.9. The van der Waals surface area contributed by atoms with Crippen LogP contribution in [-0.4, -0.2) is 26.2 Å². The third-order valence-electron chi connectivity index (χ3n) is 4.24. The minimum atomic E-state index is -0.201. The number of benzene rings is 1. The molecule has 0 unspecified atom stereocenters. The molecule has 0 saturated carbocycles. The van der Waals surface area contributed by atoms with Crippen molar-refractivity contribution in [2.24, 2.45) is 0 Å². The molecular formula is C21H18N4O2S2. The lowest BCUT2D eigenvalue weighted by Crippen LogP contribution is -2.26. The molecule has 29 heavy (non-hydrogen) atoms. The minimum absolute atomic E-state index is 0.116. The first-order chi connectivity index (χ1) is 14.1. The minimum Gasteiger partial charge on any atom is -0.350 e. The summed E-state index contributed by atoms with van der Waals surface area (Å²) in [5.41, 5.74) is 1.40. The number of thiophene rings is 1. The Morgan fingerprint density at radius 1 is 1.17 bits per heavy atom. The quantitative estimate of drug-likeness (QED) is 0.380. The van der Waals surface area contributed by atoms with Crippen molar-refractivity contribution in [3.8, 4) is 5.82 Å². The van der Waals surface area contributed by atoms with E-state index in [-0.39, 0.29) is 17.2 Å². The summed E-state index contributed by atoms with van der Waals surface area (Å²) in [5.74, 6) is 0.525. The van der Waals surface area contributed by atoms with Crippen molar-refractivity contribution in [2.45, 2.75) is 18.6 Å². The number of nitrogens with one attached hydrogen (secondary N) is 1. The summed E-state index contributed by atoms with van der Waals surface area (Å²) in [6.07, 6.45) is 1.71. The molecule has 4 aromatic rings. The number of thioether (sulfide) groups is 1. The van der Waals surface area contributed by atoms with Gasteiger partial charge in [0, 0.05) is 11.1 Å². The number of fused-ring (bicyclic) bond motifs is 1. The number of carbonyl (C=O) groups excluding carboxylic acids is 1. The zero-order valence-corrected chi connectivity index (χ0v) is 17.3. The van der Waals surface area contributed by atoms with Crippen LogP contribution in [0.4, 0.5) is 0 Å². The maximum absolute atomic E-state index is 13.1. The van der Waals surface area contributed by atoms with E-state index >= 15 is 0 Å².